The number of nitrogens with zero attached hydrogens (tertiary/aromatic N) is 3. The average molecular weight is 458 g/mol. The molecule has 32 heavy (non-hydrogen) atoms. The van der Waals surface area contributed by atoms with Crippen LogP contribution in [0.25, 0.3) is 11.1 Å². The van der Waals surface area contributed by atoms with E-state index in [9.17, 15) is 4.79 Å². The van der Waals surface area contributed by atoms with Crippen molar-refractivity contribution >= 4 is 46.0 Å². The van der Waals surface area contributed by atoms with Gasteiger partial charge in [-0.3, -0.25) is 9.69 Å². The van der Waals surface area contributed by atoms with Gasteiger partial charge in [0, 0.05) is 23.5 Å². The molecule has 1 fully saturated rings. The molecule has 0 saturated carbocycles. The summed E-state index contributed by atoms with van der Waals surface area (Å²) in [6, 6.07) is 26.7. The molecule has 4 nitrogen and oxygen atoms in total. The van der Waals surface area contributed by atoms with Gasteiger partial charge in [-0.2, -0.15) is 0 Å². The number of carbonyl (C=O) groups is 1. The van der Waals surface area contributed by atoms with Gasteiger partial charge in [-0.25, -0.2) is 4.99 Å². The maximum Gasteiger partial charge on any atom is 0.269 e. The molecule has 1 saturated heterocycles. The molecular formula is C26H23N3OS2. The highest BCUT2D eigenvalue weighted by molar-refractivity contribution is 8.19. The van der Waals surface area contributed by atoms with Gasteiger partial charge in [0.25, 0.3) is 5.91 Å². The van der Waals surface area contributed by atoms with Crippen LogP contribution < -0.4 is 4.90 Å². The Bertz CT molecular complexity index is 1240. The number of aliphatic imine (C=N–C) groups is 1. The number of fused-ring (bicyclic) bond motifs is 1. The van der Waals surface area contributed by atoms with Crippen LogP contribution in [-0.2, 0) is 4.79 Å². The fraction of sp³-hybridized carbons (Fsp3) is 0.154. The Morgan fingerprint density at radius 1 is 0.781 bits per heavy atom. The number of amidine groups is 1. The molecule has 0 spiro atoms. The molecule has 0 radical (unpaired) electrons. The van der Waals surface area contributed by atoms with E-state index >= 15 is 0 Å². The number of rotatable bonds is 4. The Hall–Kier alpha value is -2.96. The topological polar surface area (TPSA) is 35.9 Å². The molecule has 0 unspecified atom stereocenters. The lowest BCUT2D eigenvalue weighted by molar-refractivity contribution is -0.122. The summed E-state index contributed by atoms with van der Waals surface area (Å²) in [5.41, 5.74) is 4.21. The molecule has 160 valence electrons. The first-order chi connectivity index (χ1) is 15.7. The maximum atomic E-state index is 13.4. The lowest BCUT2D eigenvalue weighted by atomic mass is 10.0. The molecule has 2 heterocycles. The number of hydrogen-bond acceptors (Lipinski definition) is 5. The molecule has 3 aromatic rings. The minimum Gasteiger partial charge on any atom is -0.334 e. The number of amides is 1. The summed E-state index contributed by atoms with van der Waals surface area (Å²) in [6.07, 6.45) is 0. The van der Waals surface area contributed by atoms with E-state index < -0.39 is 0 Å². The molecule has 1 amide bonds. The van der Waals surface area contributed by atoms with E-state index in [4.69, 9.17) is 4.99 Å². The van der Waals surface area contributed by atoms with Gasteiger partial charge < -0.3 is 4.90 Å². The first-order valence-electron chi connectivity index (χ1n) is 10.7. The van der Waals surface area contributed by atoms with Crippen molar-refractivity contribution in [1.82, 2.24) is 4.90 Å². The molecule has 0 atom stereocenters. The number of thioether (sulfide) groups is 2. The van der Waals surface area contributed by atoms with Crippen molar-refractivity contribution < 1.29 is 4.79 Å². The normalized spacial score (nSPS) is 19.2. The number of hydrogen-bond donors (Lipinski definition) is 0. The Morgan fingerprint density at radius 3 is 2.25 bits per heavy atom. The molecule has 0 N–H and O–H groups in total. The van der Waals surface area contributed by atoms with Crippen molar-refractivity contribution in [2.45, 2.75) is 18.7 Å². The van der Waals surface area contributed by atoms with E-state index in [2.05, 4.69) is 42.2 Å². The number of benzene rings is 3. The minimum atomic E-state index is 0.0298. The molecule has 2 aliphatic rings. The van der Waals surface area contributed by atoms with Gasteiger partial charge >= 0.3 is 0 Å². The third-order valence-corrected chi connectivity index (χ3v) is 7.88. The zero-order valence-corrected chi connectivity index (χ0v) is 19.6. The predicted octanol–water partition coefficient (Wildman–Crippen LogP) is 6.74. The second kappa shape index (κ2) is 8.88. The maximum absolute atomic E-state index is 13.4. The minimum absolute atomic E-state index is 0.0298. The highest BCUT2D eigenvalue weighted by Crippen LogP contribution is 2.50. The van der Waals surface area contributed by atoms with Gasteiger partial charge in [0.1, 0.15) is 9.93 Å². The number of carbonyl (C=O) groups excluding carboxylic acids is 1. The second-order valence-corrected chi connectivity index (χ2v) is 9.39. The summed E-state index contributed by atoms with van der Waals surface area (Å²) < 4.78 is 0. The van der Waals surface area contributed by atoms with Crippen LogP contribution in [0.3, 0.4) is 0 Å². The van der Waals surface area contributed by atoms with Gasteiger partial charge in [-0.15, -0.1) is 0 Å². The fourth-order valence-corrected chi connectivity index (χ4v) is 6.40. The summed E-state index contributed by atoms with van der Waals surface area (Å²) in [4.78, 5) is 24.4. The summed E-state index contributed by atoms with van der Waals surface area (Å²) in [6.45, 7) is 5.51. The lowest BCUT2D eigenvalue weighted by Crippen LogP contribution is -2.29. The number of anilines is 1. The van der Waals surface area contributed by atoms with Gasteiger partial charge in [0.2, 0.25) is 0 Å². The number of para-hydroxylation sites is 2. The van der Waals surface area contributed by atoms with Crippen molar-refractivity contribution in [2.24, 2.45) is 4.99 Å². The van der Waals surface area contributed by atoms with Gasteiger partial charge in [-0.05, 0) is 49.4 Å². The average Bonchev–Trinajstić information content (AvgIpc) is 3.36. The van der Waals surface area contributed by atoms with Crippen LogP contribution in [0.2, 0.25) is 0 Å². The van der Waals surface area contributed by atoms with E-state index in [1.807, 2.05) is 55.5 Å². The van der Waals surface area contributed by atoms with Crippen LogP contribution >= 0.6 is 23.5 Å². The summed E-state index contributed by atoms with van der Waals surface area (Å²) in [7, 11) is 0. The van der Waals surface area contributed by atoms with Crippen molar-refractivity contribution in [1.29, 1.82) is 0 Å². The smallest absolute Gasteiger partial charge is 0.269 e. The van der Waals surface area contributed by atoms with Crippen LogP contribution in [0.4, 0.5) is 11.4 Å². The van der Waals surface area contributed by atoms with Crippen molar-refractivity contribution in [3.63, 3.8) is 0 Å². The van der Waals surface area contributed by atoms with Gasteiger partial charge in [-0.1, -0.05) is 72.4 Å². The third-order valence-electron chi connectivity index (χ3n) is 5.50. The molecule has 6 heteroatoms. The van der Waals surface area contributed by atoms with Crippen molar-refractivity contribution in [2.75, 3.05) is 18.0 Å². The van der Waals surface area contributed by atoms with Crippen LogP contribution in [0.1, 0.15) is 13.8 Å². The molecule has 5 rings (SSSR count). The quantitative estimate of drug-likeness (QED) is 0.407. The van der Waals surface area contributed by atoms with E-state index in [1.165, 1.54) is 22.3 Å². The largest absolute Gasteiger partial charge is 0.334 e. The van der Waals surface area contributed by atoms with E-state index in [1.54, 1.807) is 16.7 Å². The Balaban J connectivity index is 1.57. The lowest BCUT2D eigenvalue weighted by Gasteiger charge is -2.19. The SMILES string of the molecule is CCN1C(=O)C(=C2Sc3ccccc3N2CC)SC1=Nc1ccccc1-c1ccccc1. The molecule has 0 aliphatic carbocycles. The summed E-state index contributed by atoms with van der Waals surface area (Å²) >= 11 is 3.15. The highest BCUT2D eigenvalue weighted by atomic mass is 32.2. The molecule has 2 aliphatic heterocycles. The van der Waals surface area contributed by atoms with Crippen LogP contribution in [0.15, 0.2) is 98.7 Å². The van der Waals surface area contributed by atoms with Gasteiger partial charge in [0.05, 0.1) is 11.4 Å². The summed E-state index contributed by atoms with van der Waals surface area (Å²) in [5, 5.41) is 1.74. The van der Waals surface area contributed by atoms with Crippen LogP contribution in [0.5, 0.6) is 0 Å². The fourth-order valence-electron chi connectivity index (χ4n) is 3.95. The van der Waals surface area contributed by atoms with Gasteiger partial charge in [0.15, 0.2) is 5.17 Å². The highest BCUT2D eigenvalue weighted by Gasteiger charge is 2.39. The van der Waals surface area contributed by atoms with Crippen molar-refractivity contribution in [3.05, 3.63) is 88.8 Å². The zero-order chi connectivity index (χ0) is 22.1. The second-order valence-electron chi connectivity index (χ2n) is 7.38. The van der Waals surface area contributed by atoms with E-state index in [-0.39, 0.29) is 5.91 Å². The van der Waals surface area contributed by atoms with Crippen LogP contribution in [0, 0.1) is 0 Å². The Morgan fingerprint density at radius 2 is 1.47 bits per heavy atom. The predicted molar refractivity (Wildman–Crippen MR) is 136 cm³/mol. The van der Waals surface area contributed by atoms with Crippen LogP contribution in [-0.4, -0.2) is 29.1 Å². The molecular weight excluding hydrogens is 434 g/mol. The molecule has 0 bridgehead atoms. The molecule has 0 aromatic heterocycles. The molecule has 3 aromatic carbocycles. The number of likely N-dealkylation sites (N-methyl/N-ethyl adjacent to an activating group) is 1. The van der Waals surface area contributed by atoms with Crippen molar-refractivity contribution in [3.8, 4) is 11.1 Å². The zero-order valence-electron chi connectivity index (χ0n) is 18.0. The standard InChI is InChI=1S/C26H23N3OS2/c1-3-28-21-16-10-11-17-22(21)31-25(28)23-24(30)29(4-2)26(32-23)27-20-15-9-8-14-19(20)18-12-6-5-7-13-18/h5-17H,3-4H2,1-2H3. The monoisotopic (exact) mass is 457 g/mol. The van der Waals surface area contributed by atoms with E-state index in [0.29, 0.717) is 6.54 Å². The third kappa shape index (κ3) is 3.63. The van der Waals surface area contributed by atoms with E-state index in [0.717, 1.165) is 38.5 Å². The first kappa shape index (κ1) is 20.9. The Labute approximate surface area is 197 Å². The summed E-state index contributed by atoms with van der Waals surface area (Å²) in [5.74, 6) is 0.0298. The first-order valence-corrected chi connectivity index (χ1v) is 12.4. The Kier molecular flexibility index (Phi) is 5.81.